The summed E-state index contributed by atoms with van der Waals surface area (Å²) in [6, 6.07) is 16.3. The Hall–Kier alpha value is -2.99. The standard InChI is InChI=1S/C20H25N6/c1-24(2)19-9-7-18(8-10-19)22-23-20-25(3)11-12-26(20)15-17-6-4-5-16(13-17)14-21/h4-13H,14-15,21H2,1-3H3/q+1. The quantitative estimate of drug-likeness (QED) is 0.548. The molecule has 6 nitrogen and oxygen atoms in total. The summed E-state index contributed by atoms with van der Waals surface area (Å²) in [5.41, 5.74) is 10.0. The van der Waals surface area contributed by atoms with Gasteiger partial charge in [-0.05, 0) is 35.4 Å². The van der Waals surface area contributed by atoms with Crippen molar-refractivity contribution in [3.8, 4) is 0 Å². The summed E-state index contributed by atoms with van der Waals surface area (Å²) in [6.07, 6.45) is 3.99. The first-order chi connectivity index (χ1) is 12.6. The number of nitrogens with zero attached hydrogens (tertiary/aromatic N) is 5. The molecule has 3 rings (SSSR count). The molecule has 0 unspecified atom stereocenters. The van der Waals surface area contributed by atoms with Crippen molar-refractivity contribution < 1.29 is 4.57 Å². The van der Waals surface area contributed by atoms with Gasteiger partial charge in [-0.3, -0.25) is 0 Å². The minimum Gasteiger partial charge on any atom is -0.378 e. The summed E-state index contributed by atoms with van der Waals surface area (Å²) in [6.45, 7) is 1.27. The van der Waals surface area contributed by atoms with Crippen LogP contribution in [0.15, 0.2) is 71.2 Å². The van der Waals surface area contributed by atoms with Crippen molar-refractivity contribution in [3.63, 3.8) is 0 Å². The minimum atomic E-state index is 0.544. The first-order valence-electron chi connectivity index (χ1n) is 8.58. The van der Waals surface area contributed by atoms with E-state index in [1.807, 2.05) is 74.5 Å². The van der Waals surface area contributed by atoms with E-state index in [0.29, 0.717) is 6.54 Å². The number of rotatable bonds is 6. The van der Waals surface area contributed by atoms with E-state index in [2.05, 4.69) is 31.8 Å². The fourth-order valence-electron chi connectivity index (χ4n) is 2.74. The molecule has 0 aliphatic rings. The van der Waals surface area contributed by atoms with E-state index in [4.69, 9.17) is 5.73 Å². The maximum Gasteiger partial charge on any atom is 0.421 e. The van der Waals surface area contributed by atoms with Gasteiger partial charge in [0.1, 0.15) is 5.69 Å². The molecule has 2 N–H and O–H groups in total. The van der Waals surface area contributed by atoms with E-state index in [1.54, 1.807) is 0 Å². The first kappa shape index (κ1) is 17.8. The highest BCUT2D eigenvalue weighted by molar-refractivity contribution is 5.51. The van der Waals surface area contributed by atoms with E-state index in [9.17, 15) is 0 Å². The van der Waals surface area contributed by atoms with Crippen LogP contribution in [0, 0.1) is 0 Å². The monoisotopic (exact) mass is 349 g/mol. The number of anilines is 1. The third kappa shape index (κ3) is 4.15. The van der Waals surface area contributed by atoms with Crippen molar-refractivity contribution in [1.29, 1.82) is 0 Å². The summed E-state index contributed by atoms with van der Waals surface area (Å²) in [5, 5.41) is 8.85. The van der Waals surface area contributed by atoms with E-state index in [0.717, 1.165) is 29.4 Å². The number of aryl methyl sites for hydroxylation is 1. The van der Waals surface area contributed by atoms with Crippen LogP contribution in [0.1, 0.15) is 11.1 Å². The lowest BCUT2D eigenvalue weighted by Crippen LogP contribution is -2.25. The number of hydrogen-bond donors (Lipinski definition) is 1. The van der Waals surface area contributed by atoms with E-state index in [1.165, 1.54) is 5.56 Å². The van der Waals surface area contributed by atoms with E-state index < -0.39 is 0 Å². The molecule has 0 saturated heterocycles. The Bertz CT molecular complexity index is 893. The van der Waals surface area contributed by atoms with Crippen molar-refractivity contribution in [2.45, 2.75) is 13.1 Å². The second kappa shape index (κ2) is 7.93. The molecule has 0 saturated carbocycles. The number of nitrogens with two attached hydrogens (primary N) is 1. The average Bonchev–Trinajstić information content (AvgIpc) is 3.00. The zero-order chi connectivity index (χ0) is 18.5. The van der Waals surface area contributed by atoms with Crippen molar-refractivity contribution in [2.75, 3.05) is 19.0 Å². The van der Waals surface area contributed by atoms with Crippen molar-refractivity contribution in [3.05, 3.63) is 72.1 Å². The van der Waals surface area contributed by atoms with Crippen LogP contribution in [0.4, 0.5) is 17.3 Å². The van der Waals surface area contributed by atoms with Crippen LogP contribution in [-0.2, 0) is 20.1 Å². The maximum absolute atomic E-state index is 5.74. The summed E-state index contributed by atoms with van der Waals surface area (Å²) < 4.78 is 4.04. The molecule has 134 valence electrons. The molecule has 0 bridgehead atoms. The molecular weight excluding hydrogens is 324 g/mol. The molecule has 0 atom stereocenters. The van der Waals surface area contributed by atoms with Gasteiger partial charge in [-0.15, -0.1) is 0 Å². The van der Waals surface area contributed by atoms with Gasteiger partial charge in [0.05, 0.1) is 26.0 Å². The predicted molar refractivity (Wildman–Crippen MR) is 104 cm³/mol. The lowest BCUT2D eigenvalue weighted by Gasteiger charge is -2.11. The second-order valence-electron chi connectivity index (χ2n) is 6.47. The van der Waals surface area contributed by atoms with Crippen molar-refractivity contribution in [1.82, 2.24) is 4.57 Å². The largest absolute Gasteiger partial charge is 0.421 e. The molecule has 3 aromatic rings. The lowest BCUT2D eigenvalue weighted by molar-refractivity contribution is -0.657. The van der Waals surface area contributed by atoms with Crippen LogP contribution in [0.5, 0.6) is 0 Å². The molecule has 0 radical (unpaired) electrons. The van der Waals surface area contributed by atoms with Crippen LogP contribution >= 0.6 is 0 Å². The fraction of sp³-hybridized carbons (Fsp3) is 0.250. The van der Waals surface area contributed by atoms with Gasteiger partial charge in [-0.25, -0.2) is 9.13 Å². The van der Waals surface area contributed by atoms with Crippen LogP contribution < -0.4 is 15.2 Å². The van der Waals surface area contributed by atoms with Gasteiger partial charge >= 0.3 is 5.95 Å². The van der Waals surface area contributed by atoms with Gasteiger partial charge in [-0.1, -0.05) is 29.4 Å². The summed E-state index contributed by atoms with van der Waals surface area (Å²) in [4.78, 5) is 2.06. The fourth-order valence-corrected chi connectivity index (χ4v) is 2.74. The van der Waals surface area contributed by atoms with Crippen LogP contribution in [-0.4, -0.2) is 18.7 Å². The topological polar surface area (TPSA) is 62.8 Å². The Balaban J connectivity index is 1.81. The van der Waals surface area contributed by atoms with Gasteiger partial charge < -0.3 is 10.6 Å². The number of imidazole rings is 1. The van der Waals surface area contributed by atoms with Gasteiger partial charge in [0, 0.05) is 31.4 Å². The van der Waals surface area contributed by atoms with Crippen LogP contribution in [0.3, 0.4) is 0 Å². The summed E-state index contributed by atoms with van der Waals surface area (Å²) >= 11 is 0. The predicted octanol–water partition coefficient (Wildman–Crippen LogP) is 3.30. The highest BCUT2D eigenvalue weighted by Crippen LogP contribution is 2.20. The van der Waals surface area contributed by atoms with Crippen molar-refractivity contribution >= 4 is 17.3 Å². The Labute approximate surface area is 154 Å². The minimum absolute atomic E-state index is 0.544. The Morgan fingerprint density at radius 1 is 1.04 bits per heavy atom. The molecule has 2 aromatic carbocycles. The van der Waals surface area contributed by atoms with Crippen molar-refractivity contribution in [2.24, 2.45) is 23.0 Å². The number of azo groups is 1. The Kier molecular flexibility index (Phi) is 5.43. The third-order valence-electron chi connectivity index (χ3n) is 4.24. The van der Waals surface area contributed by atoms with E-state index >= 15 is 0 Å². The average molecular weight is 349 g/mol. The zero-order valence-electron chi connectivity index (χ0n) is 15.5. The van der Waals surface area contributed by atoms with Gasteiger partial charge in [0.25, 0.3) is 0 Å². The molecule has 0 amide bonds. The lowest BCUT2D eigenvalue weighted by atomic mass is 10.1. The van der Waals surface area contributed by atoms with Crippen LogP contribution in [0.2, 0.25) is 0 Å². The third-order valence-corrected chi connectivity index (χ3v) is 4.24. The highest BCUT2D eigenvalue weighted by Gasteiger charge is 2.15. The van der Waals surface area contributed by atoms with Gasteiger partial charge in [0.15, 0.2) is 0 Å². The normalized spacial score (nSPS) is 11.2. The Morgan fingerprint density at radius 3 is 2.46 bits per heavy atom. The summed E-state index contributed by atoms with van der Waals surface area (Å²) in [7, 11) is 6.00. The number of hydrogen-bond acceptors (Lipinski definition) is 4. The smallest absolute Gasteiger partial charge is 0.378 e. The van der Waals surface area contributed by atoms with Gasteiger partial charge in [0.2, 0.25) is 0 Å². The van der Waals surface area contributed by atoms with Crippen LogP contribution in [0.25, 0.3) is 0 Å². The Morgan fingerprint density at radius 2 is 1.77 bits per heavy atom. The first-order valence-corrected chi connectivity index (χ1v) is 8.58. The van der Waals surface area contributed by atoms with E-state index in [-0.39, 0.29) is 0 Å². The molecule has 0 fully saturated rings. The molecule has 0 aliphatic heterocycles. The molecule has 0 aliphatic carbocycles. The molecule has 1 aromatic heterocycles. The number of benzene rings is 2. The highest BCUT2D eigenvalue weighted by atomic mass is 15.3. The van der Waals surface area contributed by atoms with Gasteiger partial charge in [-0.2, -0.15) is 0 Å². The second-order valence-corrected chi connectivity index (χ2v) is 6.47. The molecule has 0 spiro atoms. The molecular formula is C20H25N6+. The maximum atomic E-state index is 5.74. The molecule has 6 heteroatoms. The zero-order valence-corrected chi connectivity index (χ0v) is 15.5. The molecule has 1 heterocycles. The number of aromatic nitrogens is 2. The summed E-state index contributed by atoms with van der Waals surface area (Å²) in [5.74, 6) is 0.792. The molecule has 26 heavy (non-hydrogen) atoms. The SMILES string of the molecule is CN(C)c1ccc(N=Nc2n(Cc3cccc(CN)c3)cc[n+]2C)cc1.